The van der Waals surface area contributed by atoms with Crippen molar-refractivity contribution < 1.29 is 9.53 Å². The Balaban J connectivity index is 1.61. The van der Waals surface area contributed by atoms with Crippen LogP contribution in [0.15, 0.2) is 64.1 Å². The molecule has 0 aliphatic rings. The van der Waals surface area contributed by atoms with Crippen molar-refractivity contribution in [1.82, 2.24) is 0 Å². The molecule has 0 saturated heterocycles. The van der Waals surface area contributed by atoms with Gasteiger partial charge in [-0.2, -0.15) is 0 Å². The van der Waals surface area contributed by atoms with E-state index >= 15 is 0 Å². The van der Waals surface area contributed by atoms with Crippen molar-refractivity contribution in [3.8, 4) is 5.75 Å². The molecule has 3 aromatic rings. The molecule has 3 rings (SSSR count). The summed E-state index contributed by atoms with van der Waals surface area (Å²) in [6.45, 7) is 5.88. The van der Waals surface area contributed by atoms with Gasteiger partial charge in [0, 0.05) is 16.9 Å². The lowest BCUT2D eigenvalue weighted by Gasteiger charge is -2.10. The largest absolute Gasteiger partial charge is 0.483 e. The Bertz CT molecular complexity index is 1110. The van der Waals surface area contributed by atoms with Crippen LogP contribution in [0.4, 0.5) is 11.4 Å². The highest BCUT2D eigenvalue weighted by Gasteiger charge is 2.08. The number of aliphatic imine (C=N–C) groups is 1. The highest BCUT2D eigenvalue weighted by molar-refractivity contribution is 9.10. The first kappa shape index (κ1) is 22.1. The molecule has 0 radical (unpaired) electrons. The van der Waals surface area contributed by atoms with E-state index in [4.69, 9.17) is 16.3 Å². The summed E-state index contributed by atoms with van der Waals surface area (Å²) in [7, 11) is 0. The third kappa shape index (κ3) is 5.94. The molecule has 1 N–H and O–H groups in total. The van der Waals surface area contributed by atoms with Crippen molar-refractivity contribution >= 4 is 51.0 Å². The first-order chi connectivity index (χ1) is 14.3. The number of nitrogens with zero attached hydrogens (tertiary/aromatic N) is 1. The van der Waals surface area contributed by atoms with Gasteiger partial charge in [-0.25, -0.2) is 0 Å². The van der Waals surface area contributed by atoms with E-state index < -0.39 is 0 Å². The maximum Gasteiger partial charge on any atom is 0.262 e. The second-order valence-electron chi connectivity index (χ2n) is 7.04. The van der Waals surface area contributed by atoms with Gasteiger partial charge in [0.05, 0.1) is 10.2 Å². The minimum atomic E-state index is -0.262. The zero-order valence-electron chi connectivity index (χ0n) is 17.0. The normalized spacial score (nSPS) is 11.0. The van der Waals surface area contributed by atoms with Gasteiger partial charge in [0.15, 0.2) is 6.61 Å². The van der Waals surface area contributed by atoms with Crippen molar-refractivity contribution in [2.24, 2.45) is 4.99 Å². The lowest BCUT2D eigenvalue weighted by molar-refractivity contribution is -0.118. The van der Waals surface area contributed by atoms with Crippen LogP contribution in [0.5, 0.6) is 5.75 Å². The van der Waals surface area contributed by atoms with E-state index in [0.717, 1.165) is 26.9 Å². The number of benzene rings is 3. The number of anilines is 1. The average Bonchev–Trinajstić information content (AvgIpc) is 2.70. The van der Waals surface area contributed by atoms with Gasteiger partial charge in [-0.1, -0.05) is 29.8 Å². The third-order valence-corrected chi connectivity index (χ3v) is 5.51. The Morgan fingerprint density at radius 2 is 1.83 bits per heavy atom. The lowest BCUT2D eigenvalue weighted by Crippen LogP contribution is -2.20. The van der Waals surface area contributed by atoms with E-state index in [1.807, 2.05) is 51.3 Å². The fourth-order valence-electron chi connectivity index (χ4n) is 2.73. The fourth-order valence-corrected chi connectivity index (χ4v) is 3.42. The first-order valence-electron chi connectivity index (χ1n) is 9.41. The summed E-state index contributed by atoms with van der Waals surface area (Å²) in [6.07, 6.45) is 1.81. The number of rotatable bonds is 6. The summed E-state index contributed by atoms with van der Waals surface area (Å²) in [5.74, 6) is 0.318. The highest BCUT2D eigenvalue weighted by atomic mass is 79.9. The molecule has 0 bridgehead atoms. The van der Waals surface area contributed by atoms with Crippen molar-refractivity contribution in [3.63, 3.8) is 0 Å². The Labute approximate surface area is 190 Å². The van der Waals surface area contributed by atoms with Crippen LogP contribution in [0.2, 0.25) is 5.02 Å². The second kappa shape index (κ2) is 9.92. The van der Waals surface area contributed by atoms with Crippen LogP contribution in [-0.4, -0.2) is 18.7 Å². The summed E-state index contributed by atoms with van der Waals surface area (Å²) >= 11 is 9.59. The van der Waals surface area contributed by atoms with E-state index in [-0.39, 0.29) is 12.5 Å². The van der Waals surface area contributed by atoms with Crippen LogP contribution in [0.25, 0.3) is 0 Å². The number of hydrogen-bond acceptors (Lipinski definition) is 3. The summed E-state index contributed by atoms with van der Waals surface area (Å²) < 4.78 is 6.39. The quantitative estimate of drug-likeness (QED) is 0.391. The molecule has 0 heterocycles. The van der Waals surface area contributed by atoms with Gasteiger partial charge in [-0.3, -0.25) is 9.79 Å². The van der Waals surface area contributed by atoms with Gasteiger partial charge in [-0.05, 0) is 95.4 Å². The van der Waals surface area contributed by atoms with Gasteiger partial charge in [0.1, 0.15) is 5.75 Å². The Morgan fingerprint density at radius 1 is 1.07 bits per heavy atom. The third-order valence-electron chi connectivity index (χ3n) is 4.49. The molecule has 0 aliphatic heterocycles. The molecule has 3 aromatic carbocycles. The molecule has 0 spiro atoms. The molecule has 0 saturated carbocycles. The van der Waals surface area contributed by atoms with Crippen molar-refractivity contribution in [1.29, 1.82) is 0 Å². The summed E-state index contributed by atoms with van der Waals surface area (Å²) in [6, 6.07) is 17.2. The van der Waals surface area contributed by atoms with Crippen molar-refractivity contribution in [2.45, 2.75) is 20.8 Å². The monoisotopic (exact) mass is 484 g/mol. The lowest BCUT2D eigenvalue weighted by atomic mass is 10.1. The van der Waals surface area contributed by atoms with E-state index in [1.54, 1.807) is 12.1 Å². The molecule has 0 unspecified atom stereocenters. The summed E-state index contributed by atoms with van der Waals surface area (Å²) in [5.41, 5.74) is 5.75. The molecule has 0 aromatic heterocycles. The van der Waals surface area contributed by atoms with Gasteiger partial charge in [0.2, 0.25) is 0 Å². The predicted octanol–water partition coefficient (Wildman–Crippen LogP) is 6.80. The van der Waals surface area contributed by atoms with Gasteiger partial charge in [0.25, 0.3) is 5.91 Å². The summed E-state index contributed by atoms with van der Waals surface area (Å²) in [5, 5.41) is 3.38. The van der Waals surface area contributed by atoms with Crippen LogP contribution in [0, 0.1) is 20.8 Å². The molecule has 6 heteroatoms. The molecule has 30 heavy (non-hydrogen) atoms. The number of carbonyl (C=O) groups excluding carboxylic acids is 1. The topological polar surface area (TPSA) is 50.7 Å². The Kier molecular flexibility index (Phi) is 7.29. The Hall–Kier alpha value is -2.63. The van der Waals surface area contributed by atoms with Crippen LogP contribution < -0.4 is 10.1 Å². The Morgan fingerprint density at radius 3 is 2.57 bits per heavy atom. The van der Waals surface area contributed by atoms with Crippen molar-refractivity contribution in [3.05, 3.63) is 86.3 Å². The van der Waals surface area contributed by atoms with Gasteiger partial charge >= 0.3 is 0 Å². The van der Waals surface area contributed by atoms with E-state index in [9.17, 15) is 4.79 Å². The minimum absolute atomic E-state index is 0.111. The second-order valence-corrected chi connectivity index (χ2v) is 8.30. The number of nitrogens with one attached hydrogen (secondary N) is 1. The molecular formula is C24H22BrClN2O2. The maximum absolute atomic E-state index is 12.2. The molecule has 154 valence electrons. The molecule has 4 nitrogen and oxygen atoms in total. The standard InChI is InChI=1S/C24H22BrClN2O2/c1-15-4-5-17(3)22(10-15)27-13-18-7-9-23(20(25)11-18)30-14-24(29)28-19-8-6-16(2)21(26)12-19/h4-13H,14H2,1-3H3,(H,28,29). The molecular weight excluding hydrogens is 464 g/mol. The fraction of sp³-hybridized carbons (Fsp3) is 0.167. The number of hydrogen-bond donors (Lipinski definition) is 1. The van der Waals surface area contributed by atoms with Gasteiger partial charge in [-0.15, -0.1) is 0 Å². The van der Waals surface area contributed by atoms with Crippen LogP contribution in [-0.2, 0) is 4.79 Å². The van der Waals surface area contributed by atoms with E-state index in [1.165, 1.54) is 5.56 Å². The smallest absolute Gasteiger partial charge is 0.262 e. The minimum Gasteiger partial charge on any atom is -0.483 e. The van der Waals surface area contributed by atoms with Crippen LogP contribution in [0.1, 0.15) is 22.3 Å². The van der Waals surface area contributed by atoms with Gasteiger partial charge < -0.3 is 10.1 Å². The van der Waals surface area contributed by atoms with Crippen LogP contribution >= 0.6 is 27.5 Å². The zero-order chi connectivity index (χ0) is 21.7. The number of carbonyl (C=O) groups is 1. The molecule has 0 fully saturated rings. The highest BCUT2D eigenvalue weighted by Crippen LogP contribution is 2.26. The number of aryl methyl sites for hydroxylation is 3. The molecule has 0 aliphatic carbocycles. The maximum atomic E-state index is 12.2. The molecule has 1 amide bonds. The molecule has 0 atom stereocenters. The average molecular weight is 486 g/mol. The number of ether oxygens (including phenoxy) is 1. The SMILES string of the molecule is Cc1ccc(C)c(N=Cc2ccc(OCC(=O)Nc3ccc(C)c(Cl)c3)c(Br)c2)c1. The zero-order valence-corrected chi connectivity index (χ0v) is 19.3. The first-order valence-corrected chi connectivity index (χ1v) is 10.6. The van der Waals surface area contributed by atoms with Crippen molar-refractivity contribution in [2.75, 3.05) is 11.9 Å². The number of halogens is 2. The van der Waals surface area contributed by atoms with E-state index in [0.29, 0.717) is 16.5 Å². The predicted molar refractivity (Wildman–Crippen MR) is 128 cm³/mol. The van der Waals surface area contributed by atoms with Crippen LogP contribution in [0.3, 0.4) is 0 Å². The summed E-state index contributed by atoms with van der Waals surface area (Å²) in [4.78, 5) is 16.7. The number of amides is 1. The van der Waals surface area contributed by atoms with E-state index in [2.05, 4.69) is 44.4 Å².